The van der Waals surface area contributed by atoms with Crippen LogP contribution in [0.2, 0.25) is 0 Å². The first-order valence-electron chi connectivity index (χ1n) is 6.13. The third-order valence-electron chi connectivity index (χ3n) is 2.23. The zero-order valence-corrected chi connectivity index (χ0v) is 10.8. The van der Waals surface area contributed by atoms with E-state index >= 15 is 0 Å². The zero-order valence-electron chi connectivity index (χ0n) is 10.8. The number of rotatable bonds is 6. The summed E-state index contributed by atoms with van der Waals surface area (Å²) >= 11 is 0. The van der Waals surface area contributed by atoms with E-state index in [4.69, 9.17) is 9.47 Å². The SMILES string of the molecule is CCCOC(=O)c1ccc(C(=O)OCCC)cc1.[LiH]. The van der Waals surface area contributed by atoms with E-state index in [0.29, 0.717) is 24.3 Å². The standard InChI is InChI=1S/C14H18O4.Li.H/c1-3-9-17-13(15)11-5-7-12(8-6-11)14(16)18-10-4-2;;/h5-8H,3-4,9-10H2,1-2H3;;. The number of benzene rings is 1. The molecule has 0 bridgehead atoms. The number of hydrogen-bond acceptors (Lipinski definition) is 4. The number of esters is 2. The summed E-state index contributed by atoms with van der Waals surface area (Å²) in [4.78, 5) is 23.0. The Morgan fingerprint density at radius 1 is 0.842 bits per heavy atom. The van der Waals surface area contributed by atoms with Gasteiger partial charge in [-0.05, 0) is 37.1 Å². The summed E-state index contributed by atoms with van der Waals surface area (Å²) in [5.41, 5.74) is 0.881. The van der Waals surface area contributed by atoms with E-state index in [1.807, 2.05) is 13.8 Å². The maximum atomic E-state index is 11.5. The third-order valence-corrected chi connectivity index (χ3v) is 2.23. The Morgan fingerprint density at radius 3 is 1.42 bits per heavy atom. The van der Waals surface area contributed by atoms with Gasteiger partial charge in [0.2, 0.25) is 0 Å². The molecule has 0 saturated heterocycles. The first-order valence-corrected chi connectivity index (χ1v) is 6.13. The van der Waals surface area contributed by atoms with E-state index in [1.165, 1.54) is 0 Å². The fraction of sp³-hybridized carbons (Fsp3) is 0.429. The summed E-state index contributed by atoms with van der Waals surface area (Å²) in [6, 6.07) is 6.28. The van der Waals surface area contributed by atoms with Crippen LogP contribution in [-0.2, 0) is 9.47 Å². The molecular weight excluding hydrogens is 239 g/mol. The average Bonchev–Trinajstić information content (AvgIpc) is 2.42. The zero-order chi connectivity index (χ0) is 13.4. The van der Waals surface area contributed by atoms with Crippen LogP contribution in [-0.4, -0.2) is 44.0 Å². The van der Waals surface area contributed by atoms with Crippen LogP contribution < -0.4 is 0 Å². The van der Waals surface area contributed by atoms with Gasteiger partial charge in [0.25, 0.3) is 0 Å². The maximum absolute atomic E-state index is 11.5. The van der Waals surface area contributed by atoms with Crippen molar-refractivity contribution in [3.63, 3.8) is 0 Å². The second-order valence-corrected chi connectivity index (χ2v) is 3.85. The van der Waals surface area contributed by atoms with E-state index in [-0.39, 0.29) is 30.8 Å². The second kappa shape index (κ2) is 9.66. The molecule has 0 N–H and O–H groups in total. The monoisotopic (exact) mass is 258 g/mol. The van der Waals surface area contributed by atoms with Gasteiger partial charge in [-0.25, -0.2) is 9.59 Å². The molecule has 0 aromatic heterocycles. The molecule has 0 aliphatic carbocycles. The Labute approximate surface area is 125 Å². The molecule has 0 heterocycles. The van der Waals surface area contributed by atoms with E-state index in [2.05, 4.69) is 0 Å². The molecule has 1 rings (SSSR count). The molecule has 0 spiro atoms. The van der Waals surface area contributed by atoms with Gasteiger partial charge in [-0.2, -0.15) is 0 Å². The normalized spacial score (nSPS) is 9.37. The summed E-state index contributed by atoms with van der Waals surface area (Å²) in [5.74, 6) is -0.740. The van der Waals surface area contributed by atoms with Crippen LogP contribution in [0.3, 0.4) is 0 Å². The van der Waals surface area contributed by atoms with Gasteiger partial charge in [0, 0.05) is 0 Å². The fourth-order valence-corrected chi connectivity index (χ4v) is 1.30. The summed E-state index contributed by atoms with van der Waals surface area (Å²) in [7, 11) is 0. The van der Waals surface area contributed by atoms with Crippen molar-refractivity contribution >= 4 is 30.8 Å². The van der Waals surface area contributed by atoms with Crippen LogP contribution in [0.4, 0.5) is 0 Å². The minimum atomic E-state index is -0.370. The van der Waals surface area contributed by atoms with Crippen molar-refractivity contribution in [2.45, 2.75) is 26.7 Å². The third kappa shape index (κ3) is 5.95. The van der Waals surface area contributed by atoms with Crippen molar-refractivity contribution in [2.24, 2.45) is 0 Å². The van der Waals surface area contributed by atoms with E-state index in [0.717, 1.165) is 12.8 Å². The van der Waals surface area contributed by atoms with Crippen molar-refractivity contribution in [3.05, 3.63) is 35.4 Å². The van der Waals surface area contributed by atoms with E-state index in [1.54, 1.807) is 24.3 Å². The molecular formula is C14H19LiO4. The molecule has 0 saturated carbocycles. The Morgan fingerprint density at radius 2 is 1.16 bits per heavy atom. The Kier molecular flexibility index (Phi) is 9.03. The summed E-state index contributed by atoms with van der Waals surface area (Å²) in [6.07, 6.45) is 1.57. The molecule has 0 amide bonds. The van der Waals surface area contributed by atoms with Crippen molar-refractivity contribution in [3.8, 4) is 0 Å². The summed E-state index contributed by atoms with van der Waals surface area (Å²) in [6.45, 7) is 4.67. The van der Waals surface area contributed by atoms with E-state index in [9.17, 15) is 9.59 Å². The molecule has 0 radical (unpaired) electrons. The van der Waals surface area contributed by atoms with Crippen LogP contribution in [0.5, 0.6) is 0 Å². The molecule has 0 fully saturated rings. The van der Waals surface area contributed by atoms with Crippen LogP contribution in [0.15, 0.2) is 24.3 Å². The van der Waals surface area contributed by atoms with Gasteiger partial charge in [-0.3, -0.25) is 0 Å². The van der Waals surface area contributed by atoms with Crippen LogP contribution in [0.25, 0.3) is 0 Å². The molecule has 0 aliphatic rings. The Bertz CT molecular complexity index is 361. The molecule has 1 aromatic carbocycles. The number of ether oxygens (including phenoxy) is 2. The molecule has 100 valence electrons. The number of carbonyl (C=O) groups is 2. The van der Waals surface area contributed by atoms with Crippen molar-refractivity contribution in [2.75, 3.05) is 13.2 Å². The van der Waals surface area contributed by atoms with Crippen molar-refractivity contribution in [1.29, 1.82) is 0 Å². The van der Waals surface area contributed by atoms with Crippen LogP contribution in [0.1, 0.15) is 47.4 Å². The number of hydrogen-bond donors (Lipinski definition) is 0. The second-order valence-electron chi connectivity index (χ2n) is 3.85. The molecule has 0 unspecified atom stereocenters. The molecule has 5 heteroatoms. The molecule has 4 nitrogen and oxygen atoms in total. The Balaban J connectivity index is 0.00000324. The average molecular weight is 258 g/mol. The van der Waals surface area contributed by atoms with Crippen molar-refractivity contribution < 1.29 is 19.1 Å². The molecule has 19 heavy (non-hydrogen) atoms. The predicted molar refractivity (Wildman–Crippen MR) is 74.7 cm³/mol. The Hall–Kier alpha value is -1.24. The van der Waals surface area contributed by atoms with Gasteiger partial charge in [-0.15, -0.1) is 0 Å². The van der Waals surface area contributed by atoms with Gasteiger partial charge in [0.05, 0.1) is 24.3 Å². The topological polar surface area (TPSA) is 52.6 Å². The number of carbonyl (C=O) groups excluding carboxylic acids is 2. The molecule has 1 aromatic rings. The van der Waals surface area contributed by atoms with Gasteiger partial charge < -0.3 is 9.47 Å². The first kappa shape index (κ1) is 17.8. The van der Waals surface area contributed by atoms with Gasteiger partial charge in [-0.1, -0.05) is 13.8 Å². The van der Waals surface area contributed by atoms with Gasteiger partial charge >= 0.3 is 30.8 Å². The van der Waals surface area contributed by atoms with Gasteiger partial charge in [0.15, 0.2) is 0 Å². The van der Waals surface area contributed by atoms with Crippen molar-refractivity contribution in [1.82, 2.24) is 0 Å². The predicted octanol–water partition coefficient (Wildman–Crippen LogP) is 2.17. The minimum absolute atomic E-state index is 0. The van der Waals surface area contributed by atoms with Gasteiger partial charge in [0.1, 0.15) is 0 Å². The summed E-state index contributed by atoms with van der Waals surface area (Å²) in [5, 5.41) is 0. The van der Waals surface area contributed by atoms with Crippen LogP contribution in [0, 0.1) is 0 Å². The molecule has 0 atom stereocenters. The van der Waals surface area contributed by atoms with E-state index < -0.39 is 0 Å². The first-order chi connectivity index (χ1) is 8.69. The van der Waals surface area contributed by atoms with Crippen LogP contribution >= 0.6 is 0 Å². The summed E-state index contributed by atoms with van der Waals surface area (Å²) < 4.78 is 9.97. The quantitative estimate of drug-likeness (QED) is 0.579. The molecule has 0 aliphatic heterocycles. The fourth-order valence-electron chi connectivity index (χ4n) is 1.30.